The van der Waals surface area contributed by atoms with Crippen LogP contribution in [0.1, 0.15) is 24.8 Å². The Morgan fingerprint density at radius 2 is 2.05 bits per heavy atom. The molecule has 4 nitrogen and oxygen atoms in total. The number of anilines is 1. The van der Waals surface area contributed by atoms with Crippen molar-refractivity contribution in [3.8, 4) is 0 Å². The summed E-state index contributed by atoms with van der Waals surface area (Å²) in [5, 5.41) is 3.40. The van der Waals surface area contributed by atoms with E-state index in [4.69, 9.17) is 4.74 Å². The van der Waals surface area contributed by atoms with Gasteiger partial charge in [-0.15, -0.1) is 0 Å². The molecule has 1 aromatic rings. The number of nitrogens with one attached hydrogen (secondary N) is 1. The summed E-state index contributed by atoms with van der Waals surface area (Å²) in [4.78, 5) is 13.7. The van der Waals surface area contributed by atoms with E-state index in [0.717, 1.165) is 19.5 Å². The van der Waals surface area contributed by atoms with Gasteiger partial charge < -0.3 is 15.0 Å². The molecule has 0 bridgehead atoms. The second-order valence-corrected chi connectivity index (χ2v) is 5.30. The van der Waals surface area contributed by atoms with Crippen LogP contribution in [0.5, 0.6) is 0 Å². The molecule has 1 heterocycles. The number of ether oxygens (including phenoxy) is 1. The Morgan fingerprint density at radius 1 is 1.35 bits per heavy atom. The Hall–Kier alpha value is -1.55. The van der Waals surface area contributed by atoms with Gasteiger partial charge in [0.25, 0.3) is 0 Å². The van der Waals surface area contributed by atoms with Crippen molar-refractivity contribution in [2.75, 3.05) is 32.1 Å². The van der Waals surface area contributed by atoms with E-state index < -0.39 is 0 Å². The van der Waals surface area contributed by atoms with E-state index in [1.807, 2.05) is 6.07 Å². The maximum Gasteiger partial charge on any atom is 0.305 e. The van der Waals surface area contributed by atoms with Crippen LogP contribution in [0, 0.1) is 0 Å². The summed E-state index contributed by atoms with van der Waals surface area (Å²) in [7, 11) is 3.60. The van der Waals surface area contributed by atoms with Crippen molar-refractivity contribution in [1.29, 1.82) is 0 Å². The van der Waals surface area contributed by atoms with E-state index in [1.54, 1.807) is 0 Å². The molecule has 0 spiro atoms. The topological polar surface area (TPSA) is 41.6 Å². The van der Waals surface area contributed by atoms with Crippen LogP contribution < -0.4 is 10.2 Å². The van der Waals surface area contributed by atoms with Crippen LogP contribution in [-0.4, -0.2) is 39.3 Å². The van der Waals surface area contributed by atoms with Gasteiger partial charge in [0.05, 0.1) is 7.11 Å². The van der Waals surface area contributed by atoms with Gasteiger partial charge >= 0.3 is 5.97 Å². The molecule has 0 unspecified atom stereocenters. The minimum Gasteiger partial charge on any atom is -0.469 e. The third kappa shape index (κ3) is 3.73. The summed E-state index contributed by atoms with van der Waals surface area (Å²) in [5.41, 5.74) is 2.46. The van der Waals surface area contributed by atoms with E-state index in [0.29, 0.717) is 12.5 Å². The van der Waals surface area contributed by atoms with Gasteiger partial charge in [0.1, 0.15) is 0 Å². The molecule has 0 atom stereocenters. The van der Waals surface area contributed by atoms with Crippen LogP contribution in [0.3, 0.4) is 0 Å². The average Bonchev–Trinajstić information content (AvgIpc) is 2.53. The molecule has 4 heteroatoms. The molecule has 0 saturated carbocycles. The average molecular weight is 276 g/mol. The highest BCUT2D eigenvalue weighted by atomic mass is 16.5. The van der Waals surface area contributed by atoms with E-state index in [2.05, 4.69) is 35.5 Å². The molecule has 0 aliphatic carbocycles. The Bertz CT molecular complexity index is 442. The molecule has 0 amide bonds. The van der Waals surface area contributed by atoms with Gasteiger partial charge in [-0.05, 0) is 44.0 Å². The van der Waals surface area contributed by atoms with Gasteiger partial charge in [-0.1, -0.05) is 18.2 Å². The van der Waals surface area contributed by atoms with Gasteiger partial charge in [-0.3, -0.25) is 4.79 Å². The number of nitrogens with zero attached hydrogens (tertiary/aromatic N) is 1. The molecule has 1 saturated heterocycles. The highest BCUT2D eigenvalue weighted by Crippen LogP contribution is 2.25. The van der Waals surface area contributed by atoms with Gasteiger partial charge in [0.15, 0.2) is 0 Å². The highest BCUT2D eigenvalue weighted by molar-refractivity contribution is 5.70. The number of carbonyl (C=O) groups is 1. The summed E-state index contributed by atoms with van der Waals surface area (Å²) in [5.74, 6) is -0.149. The summed E-state index contributed by atoms with van der Waals surface area (Å²) in [6.45, 7) is 2.17. The first-order chi connectivity index (χ1) is 9.72. The maximum absolute atomic E-state index is 11.3. The van der Waals surface area contributed by atoms with Crippen LogP contribution in [0.15, 0.2) is 24.3 Å². The lowest BCUT2D eigenvalue weighted by Gasteiger charge is -2.34. The molecule has 1 aliphatic heterocycles. The van der Waals surface area contributed by atoms with Crippen LogP contribution in [0.25, 0.3) is 0 Å². The zero-order chi connectivity index (χ0) is 14.4. The lowest BCUT2D eigenvalue weighted by atomic mass is 10.0. The van der Waals surface area contributed by atoms with E-state index in [1.165, 1.54) is 31.2 Å². The van der Waals surface area contributed by atoms with E-state index in [-0.39, 0.29) is 5.97 Å². The van der Waals surface area contributed by atoms with Crippen molar-refractivity contribution in [3.05, 3.63) is 29.8 Å². The Morgan fingerprint density at radius 3 is 2.75 bits per heavy atom. The highest BCUT2D eigenvalue weighted by Gasteiger charge is 2.19. The number of hydrogen-bond acceptors (Lipinski definition) is 4. The van der Waals surface area contributed by atoms with E-state index in [9.17, 15) is 4.79 Å². The molecule has 1 fully saturated rings. The number of methoxy groups -OCH3 is 1. The predicted octanol–water partition coefficient (Wildman–Crippen LogP) is 1.98. The minimum absolute atomic E-state index is 0.149. The molecule has 0 aromatic heterocycles. The number of carbonyl (C=O) groups excluding carboxylic acids is 1. The fourth-order valence-electron chi connectivity index (χ4n) is 2.80. The van der Waals surface area contributed by atoms with Gasteiger partial charge in [0.2, 0.25) is 0 Å². The first-order valence-electron chi connectivity index (χ1n) is 7.30. The third-order valence-electron chi connectivity index (χ3n) is 4.05. The molecule has 20 heavy (non-hydrogen) atoms. The first kappa shape index (κ1) is 14.9. The van der Waals surface area contributed by atoms with Gasteiger partial charge in [-0.2, -0.15) is 0 Å². The second-order valence-electron chi connectivity index (χ2n) is 5.30. The maximum atomic E-state index is 11.3. The minimum atomic E-state index is -0.149. The molecule has 1 N–H and O–H groups in total. The number of rotatable bonds is 5. The van der Waals surface area contributed by atoms with Crippen molar-refractivity contribution in [3.63, 3.8) is 0 Å². The molecule has 0 radical (unpaired) electrons. The van der Waals surface area contributed by atoms with Gasteiger partial charge in [0, 0.05) is 25.2 Å². The zero-order valence-corrected chi connectivity index (χ0v) is 12.4. The number of benzene rings is 1. The number of esters is 1. The van der Waals surface area contributed by atoms with Crippen molar-refractivity contribution >= 4 is 11.7 Å². The summed E-state index contributed by atoms with van der Waals surface area (Å²) < 4.78 is 4.73. The number of hydrogen-bond donors (Lipinski definition) is 1. The Labute approximate surface area is 121 Å². The van der Waals surface area contributed by atoms with Crippen molar-refractivity contribution in [2.45, 2.75) is 31.7 Å². The Kier molecular flexibility index (Phi) is 5.41. The molecule has 1 aliphatic rings. The van der Waals surface area contributed by atoms with Crippen LogP contribution in [0.2, 0.25) is 0 Å². The fourth-order valence-corrected chi connectivity index (χ4v) is 2.80. The molecular formula is C16H24N2O2. The monoisotopic (exact) mass is 276 g/mol. The SMILES string of the molecule is COC(=O)CCc1ccccc1N(C)C1CCNCC1. The molecule has 2 rings (SSSR count). The van der Waals surface area contributed by atoms with Gasteiger partial charge in [-0.25, -0.2) is 0 Å². The van der Waals surface area contributed by atoms with Crippen molar-refractivity contribution in [1.82, 2.24) is 5.32 Å². The molecule has 1 aromatic carbocycles. The Balaban J connectivity index is 2.07. The quantitative estimate of drug-likeness (QED) is 0.835. The fraction of sp³-hybridized carbons (Fsp3) is 0.562. The standard InChI is InChI=1S/C16H24N2O2/c1-18(14-9-11-17-12-10-14)15-6-4-3-5-13(15)7-8-16(19)20-2/h3-6,14,17H,7-12H2,1-2H3. The zero-order valence-electron chi connectivity index (χ0n) is 12.4. The van der Waals surface area contributed by atoms with E-state index >= 15 is 0 Å². The number of para-hydroxylation sites is 1. The molecule has 110 valence electrons. The van der Waals surface area contributed by atoms with Crippen LogP contribution >= 0.6 is 0 Å². The number of piperidine rings is 1. The third-order valence-corrected chi connectivity index (χ3v) is 4.05. The number of aryl methyl sites for hydroxylation is 1. The summed E-state index contributed by atoms with van der Waals surface area (Å²) in [6, 6.07) is 8.93. The van der Waals surface area contributed by atoms with Crippen LogP contribution in [0.4, 0.5) is 5.69 Å². The predicted molar refractivity (Wildman–Crippen MR) is 81.1 cm³/mol. The smallest absolute Gasteiger partial charge is 0.305 e. The summed E-state index contributed by atoms with van der Waals surface area (Å²) in [6.07, 6.45) is 3.51. The van der Waals surface area contributed by atoms with Crippen molar-refractivity contribution in [2.24, 2.45) is 0 Å². The van der Waals surface area contributed by atoms with Crippen molar-refractivity contribution < 1.29 is 9.53 Å². The van der Waals surface area contributed by atoms with Crippen LogP contribution in [-0.2, 0) is 16.0 Å². The molecular weight excluding hydrogens is 252 g/mol. The normalized spacial score (nSPS) is 15.9. The largest absolute Gasteiger partial charge is 0.469 e. The first-order valence-corrected chi connectivity index (χ1v) is 7.30. The second kappa shape index (κ2) is 7.29. The lowest BCUT2D eigenvalue weighted by molar-refractivity contribution is -0.140. The summed E-state index contributed by atoms with van der Waals surface area (Å²) >= 11 is 0. The lowest BCUT2D eigenvalue weighted by Crippen LogP contribution is -2.41.